The average Bonchev–Trinajstić information content (AvgIpc) is 2.74. The number of ether oxygens (including phenoxy) is 2. The predicted molar refractivity (Wildman–Crippen MR) is 113 cm³/mol. The van der Waals surface area contributed by atoms with Crippen molar-refractivity contribution in [3.63, 3.8) is 0 Å². The number of carbonyl (C=O) groups is 3. The number of aliphatic carboxylic acids is 1. The van der Waals surface area contributed by atoms with E-state index in [1.165, 1.54) is 0 Å². The summed E-state index contributed by atoms with van der Waals surface area (Å²) in [6.07, 6.45) is 4.24. The van der Waals surface area contributed by atoms with Gasteiger partial charge in [-0.1, -0.05) is 6.07 Å². The molecule has 7 nitrogen and oxygen atoms in total. The normalized spacial score (nSPS) is 19.4. The fourth-order valence-corrected chi connectivity index (χ4v) is 4.92. The van der Waals surface area contributed by atoms with Crippen molar-refractivity contribution in [1.29, 1.82) is 0 Å². The van der Waals surface area contributed by atoms with Crippen LogP contribution in [0.5, 0.6) is 11.5 Å². The zero-order valence-electron chi connectivity index (χ0n) is 17.9. The summed E-state index contributed by atoms with van der Waals surface area (Å²) in [5.74, 6) is -0.578. The lowest BCUT2D eigenvalue weighted by Crippen LogP contribution is -2.37. The summed E-state index contributed by atoms with van der Waals surface area (Å²) in [4.78, 5) is 39.1. The molecule has 1 N–H and O–H groups in total. The largest absolute Gasteiger partial charge is 0.490 e. The van der Waals surface area contributed by atoms with Crippen molar-refractivity contribution in [2.45, 2.75) is 51.4 Å². The van der Waals surface area contributed by atoms with Crippen LogP contribution in [0.4, 0.5) is 0 Å². The second-order valence-corrected chi connectivity index (χ2v) is 8.09. The van der Waals surface area contributed by atoms with Crippen molar-refractivity contribution in [2.75, 3.05) is 20.3 Å². The predicted octanol–water partition coefficient (Wildman–Crippen LogP) is 3.59. The van der Waals surface area contributed by atoms with Crippen molar-refractivity contribution in [3.8, 4) is 11.5 Å². The minimum Gasteiger partial charge on any atom is -0.490 e. The van der Waals surface area contributed by atoms with E-state index in [0.29, 0.717) is 42.1 Å². The SMILES string of the molecule is CCOc1cc(C2C3=C(CCCC3=O)N(C)C3=C2C(=O)CCC3)ccc1OCC(=O)O. The third-order valence-corrected chi connectivity index (χ3v) is 6.20. The quantitative estimate of drug-likeness (QED) is 0.744. The minimum atomic E-state index is -1.08. The molecule has 164 valence electrons. The van der Waals surface area contributed by atoms with Crippen molar-refractivity contribution in [1.82, 2.24) is 4.90 Å². The summed E-state index contributed by atoms with van der Waals surface area (Å²) in [6, 6.07) is 5.27. The second kappa shape index (κ2) is 8.57. The molecule has 0 saturated heterocycles. The molecule has 7 heteroatoms. The van der Waals surface area contributed by atoms with Gasteiger partial charge in [-0.25, -0.2) is 4.79 Å². The number of hydrogen-bond donors (Lipinski definition) is 1. The Morgan fingerprint density at radius 1 is 1.00 bits per heavy atom. The molecule has 0 atom stereocenters. The van der Waals surface area contributed by atoms with Crippen LogP contribution in [0.3, 0.4) is 0 Å². The van der Waals surface area contributed by atoms with Crippen LogP contribution < -0.4 is 9.47 Å². The first-order valence-corrected chi connectivity index (χ1v) is 10.8. The number of benzene rings is 1. The molecule has 2 aliphatic carbocycles. The molecule has 1 aromatic rings. The molecule has 0 unspecified atom stereocenters. The average molecular weight is 425 g/mol. The number of Topliss-reactive ketones (excluding diaryl/α,β-unsaturated/α-hetero) is 2. The van der Waals surface area contributed by atoms with Gasteiger partial charge in [0.15, 0.2) is 29.7 Å². The first-order valence-electron chi connectivity index (χ1n) is 10.8. The van der Waals surface area contributed by atoms with Crippen molar-refractivity contribution >= 4 is 17.5 Å². The van der Waals surface area contributed by atoms with E-state index in [1.54, 1.807) is 12.1 Å². The molecule has 31 heavy (non-hydrogen) atoms. The van der Waals surface area contributed by atoms with Crippen LogP contribution in [0.15, 0.2) is 40.7 Å². The lowest BCUT2D eigenvalue weighted by atomic mass is 9.71. The first-order chi connectivity index (χ1) is 14.9. The third kappa shape index (κ3) is 3.84. The molecule has 0 fully saturated rings. The minimum absolute atomic E-state index is 0.0900. The molecule has 0 spiro atoms. The fraction of sp³-hybridized carbons (Fsp3) is 0.458. The molecule has 1 aromatic carbocycles. The summed E-state index contributed by atoms with van der Waals surface area (Å²) in [5.41, 5.74) is 4.25. The van der Waals surface area contributed by atoms with E-state index in [0.717, 1.165) is 42.6 Å². The van der Waals surface area contributed by atoms with E-state index in [2.05, 4.69) is 4.90 Å². The molecule has 4 rings (SSSR count). The Balaban J connectivity index is 1.84. The van der Waals surface area contributed by atoms with Crippen LogP contribution in [0.25, 0.3) is 0 Å². The Hall–Kier alpha value is -3.09. The van der Waals surface area contributed by atoms with E-state index in [4.69, 9.17) is 14.6 Å². The van der Waals surface area contributed by atoms with E-state index < -0.39 is 18.5 Å². The molecule has 3 aliphatic rings. The monoisotopic (exact) mass is 425 g/mol. The van der Waals surface area contributed by atoms with Gasteiger partial charge in [0, 0.05) is 48.3 Å². The number of ketones is 2. The Morgan fingerprint density at radius 3 is 2.16 bits per heavy atom. The van der Waals surface area contributed by atoms with Gasteiger partial charge in [-0.3, -0.25) is 9.59 Å². The smallest absolute Gasteiger partial charge is 0.341 e. The Morgan fingerprint density at radius 2 is 1.61 bits per heavy atom. The highest BCUT2D eigenvalue weighted by molar-refractivity contribution is 6.06. The number of allylic oxidation sites excluding steroid dienone is 4. The first kappa shape index (κ1) is 21.2. The highest BCUT2D eigenvalue weighted by Crippen LogP contribution is 2.49. The van der Waals surface area contributed by atoms with Gasteiger partial charge in [-0.05, 0) is 50.3 Å². The van der Waals surface area contributed by atoms with Gasteiger partial charge in [-0.15, -0.1) is 0 Å². The number of carbonyl (C=O) groups excluding carboxylic acids is 2. The molecule has 0 bridgehead atoms. The number of nitrogens with zero attached hydrogens (tertiary/aromatic N) is 1. The second-order valence-electron chi connectivity index (χ2n) is 8.09. The fourth-order valence-electron chi connectivity index (χ4n) is 4.92. The molecular weight excluding hydrogens is 398 g/mol. The topological polar surface area (TPSA) is 93.1 Å². The Kier molecular flexibility index (Phi) is 5.85. The van der Waals surface area contributed by atoms with Gasteiger partial charge in [0.2, 0.25) is 0 Å². The van der Waals surface area contributed by atoms with E-state index in [-0.39, 0.29) is 11.6 Å². The van der Waals surface area contributed by atoms with Crippen LogP contribution in [0.1, 0.15) is 56.9 Å². The summed E-state index contributed by atoms with van der Waals surface area (Å²) < 4.78 is 11.1. The van der Waals surface area contributed by atoms with Crippen molar-refractivity contribution in [3.05, 3.63) is 46.3 Å². The van der Waals surface area contributed by atoms with Gasteiger partial charge in [0.1, 0.15) is 0 Å². The highest BCUT2D eigenvalue weighted by atomic mass is 16.5. The number of rotatable bonds is 6. The number of carboxylic acid groups (broad SMARTS) is 1. The molecule has 0 amide bonds. The van der Waals surface area contributed by atoms with Gasteiger partial charge >= 0.3 is 5.97 Å². The third-order valence-electron chi connectivity index (χ3n) is 6.20. The molecular formula is C24H27NO6. The highest BCUT2D eigenvalue weighted by Gasteiger charge is 2.42. The summed E-state index contributed by atoms with van der Waals surface area (Å²) in [7, 11) is 1.96. The molecule has 0 radical (unpaired) electrons. The standard InChI is InChI=1S/C24H27NO6/c1-3-30-20-12-14(10-11-19(20)31-13-21(28)29)22-23-15(6-4-8-17(23)26)25(2)16-7-5-9-18(27)24(16)22/h10-12,22H,3-9,13H2,1-2H3,(H,28,29). The molecule has 0 aromatic heterocycles. The van der Waals surface area contributed by atoms with Crippen molar-refractivity contribution in [2.24, 2.45) is 0 Å². The van der Waals surface area contributed by atoms with Crippen LogP contribution in [-0.4, -0.2) is 47.8 Å². The van der Waals surface area contributed by atoms with Crippen LogP contribution in [0, 0.1) is 0 Å². The van der Waals surface area contributed by atoms with E-state index in [9.17, 15) is 14.4 Å². The summed E-state index contributed by atoms with van der Waals surface area (Å²) in [6.45, 7) is 1.73. The van der Waals surface area contributed by atoms with Gasteiger partial charge < -0.3 is 19.5 Å². The Bertz CT molecular complexity index is 961. The van der Waals surface area contributed by atoms with Gasteiger partial charge in [0.25, 0.3) is 0 Å². The van der Waals surface area contributed by atoms with E-state index >= 15 is 0 Å². The van der Waals surface area contributed by atoms with Gasteiger partial charge in [0.05, 0.1) is 6.61 Å². The lowest BCUT2D eigenvalue weighted by molar-refractivity contribution is -0.139. The Labute approximate surface area is 181 Å². The number of hydrogen-bond acceptors (Lipinski definition) is 6. The zero-order valence-corrected chi connectivity index (χ0v) is 17.9. The summed E-state index contributed by atoms with van der Waals surface area (Å²) >= 11 is 0. The van der Waals surface area contributed by atoms with E-state index in [1.807, 2.05) is 20.0 Å². The maximum atomic E-state index is 13.1. The zero-order chi connectivity index (χ0) is 22.1. The number of carboxylic acids is 1. The van der Waals surface area contributed by atoms with Crippen LogP contribution in [-0.2, 0) is 14.4 Å². The van der Waals surface area contributed by atoms with Crippen molar-refractivity contribution < 1.29 is 29.0 Å². The lowest BCUT2D eigenvalue weighted by Gasteiger charge is -2.42. The van der Waals surface area contributed by atoms with Gasteiger partial charge in [-0.2, -0.15) is 0 Å². The van der Waals surface area contributed by atoms with Crippen LogP contribution >= 0.6 is 0 Å². The molecule has 0 saturated carbocycles. The van der Waals surface area contributed by atoms with Crippen LogP contribution in [0.2, 0.25) is 0 Å². The maximum absolute atomic E-state index is 13.1. The molecule has 1 aliphatic heterocycles. The maximum Gasteiger partial charge on any atom is 0.341 e. The molecule has 1 heterocycles. The summed E-state index contributed by atoms with van der Waals surface area (Å²) in [5, 5.41) is 8.94.